The number of rotatable bonds is 6. The SMILES string of the molecule is C=CCNC(=NCc1nnc(C)n1C)NC(C)c1ccccc1C. The number of aryl methyl sites for hydroxylation is 2. The molecule has 2 rings (SSSR count). The lowest BCUT2D eigenvalue weighted by atomic mass is 10.0. The van der Waals surface area contributed by atoms with Crippen molar-refractivity contribution < 1.29 is 0 Å². The molecule has 0 aliphatic carbocycles. The molecule has 0 aliphatic heterocycles. The summed E-state index contributed by atoms with van der Waals surface area (Å²) in [7, 11) is 1.94. The average Bonchev–Trinajstić information content (AvgIpc) is 2.89. The molecule has 128 valence electrons. The minimum absolute atomic E-state index is 0.142. The van der Waals surface area contributed by atoms with E-state index in [9.17, 15) is 0 Å². The first-order chi connectivity index (χ1) is 11.5. The zero-order chi connectivity index (χ0) is 17.5. The van der Waals surface area contributed by atoms with Crippen LogP contribution in [0.5, 0.6) is 0 Å². The van der Waals surface area contributed by atoms with E-state index in [2.05, 4.69) is 64.4 Å². The predicted molar refractivity (Wildman–Crippen MR) is 97.8 cm³/mol. The van der Waals surface area contributed by atoms with E-state index in [1.165, 1.54) is 11.1 Å². The van der Waals surface area contributed by atoms with Crippen LogP contribution in [0.15, 0.2) is 41.9 Å². The van der Waals surface area contributed by atoms with Crippen molar-refractivity contribution in [3.05, 3.63) is 59.7 Å². The second-order valence-electron chi connectivity index (χ2n) is 5.78. The molecule has 0 radical (unpaired) electrons. The van der Waals surface area contributed by atoms with Crippen LogP contribution in [0.3, 0.4) is 0 Å². The highest BCUT2D eigenvalue weighted by Gasteiger charge is 2.10. The van der Waals surface area contributed by atoms with Gasteiger partial charge in [0, 0.05) is 13.6 Å². The molecule has 1 aromatic carbocycles. The maximum absolute atomic E-state index is 4.62. The highest BCUT2D eigenvalue weighted by Crippen LogP contribution is 2.16. The third-order valence-corrected chi connectivity index (χ3v) is 3.98. The summed E-state index contributed by atoms with van der Waals surface area (Å²) in [4.78, 5) is 4.62. The van der Waals surface area contributed by atoms with Crippen molar-refractivity contribution in [3.63, 3.8) is 0 Å². The molecule has 1 unspecified atom stereocenters. The summed E-state index contributed by atoms with van der Waals surface area (Å²) in [5.41, 5.74) is 2.50. The number of aromatic nitrogens is 3. The molecule has 6 heteroatoms. The van der Waals surface area contributed by atoms with Crippen molar-refractivity contribution in [2.24, 2.45) is 12.0 Å². The number of hydrogen-bond acceptors (Lipinski definition) is 3. The van der Waals surface area contributed by atoms with Gasteiger partial charge in [-0.15, -0.1) is 16.8 Å². The zero-order valence-corrected chi connectivity index (χ0v) is 14.9. The number of guanidine groups is 1. The van der Waals surface area contributed by atoms with Gasteiger partial charge in [-0.05, 0) is 31.9 Å². The molecular weight excluding hydrogens is 300 g/mol. The molecule has 1 atom stereocenters. The maximum atomic E-state index is 4.62. The lowest BCUT2D eigenvalue weighted by Crippen LogP contribution is -2.39. The third-order valence-electron chi connectivity index (χ3n) is 3.98. The molecule has 0 aliphatic rings. The lowest BCUT2D eigenvalue weighted by Gasteiger charge is -2.19. The van der Waals surface area contributed by atoms with Gasteiger partial charge < -0.3 is 15.2 Å². The third kappa shape index (κ3) is 4.44. The van der Waals surface area contributed by atoms with Crippen molar-refractivity contribution in [3.8, 4) is 0 Å². The average molecular weight is 326 g/mol. The Morgan fingerprint density at radius 2 is 2.08 bits per heavy atom. The molecule has 6 nitrogen and oxygen atoms in total. The van der Waals surface area contributed by atoms with Gasteiger partial charge in [0.25, 0.3) is 0 Å². The molecule has 2 aromatic rings. The fourth-order valence-electron chi connectivity index (χ4n) is 2.42. The molecule has 1 aromatic heterocycles. The molecule has 2 N–H and O–H groups in total. The topological polar surface area (TPSA) is 67.1 Å². The molecular formula is C18H26N6. The van der Waals surface area contributed by atoms with Gasteiger partial charge in [0.15, 0.2) is 11.8 Å². The van der Waals surface area contributed by atoms with E-state index >= 15 is 0 Å². The van der Waals surface area contributed by atoms with E-state index in [-0.39, 0.29) is 6.04 Å². The number of nitrogens with one attached hydrogen (secondary N) is 2. The summed E-state index contributed by atoms with van der Waals surface area (Å²) in [6.07, 6.45) is 1.81. The first-order valence-corrected chi connectivity index (χ1v) is 8.09. The van der Waals surface area contributed by atoms with Crippen molar-refractivity contribution in [1.29, 1.82) is 0 Å². The molecule has 0 saturated carbocycles. The van der Waals surface area contributed by atoms with E-state index in [1.54, 1.807) is 0 Å². The van der Waals surface area contributed by atoms with Gasteiger partial charge in [0.2, 0.25) is 0 Å². The Balaban J connectivity index is 2.12. The van der Waals surface area contributed by atoms with Gasteiger partial charge in [0.05, 0.1) is 6.04 Å². The van der Waals surface area contributed by atoms with Crippen LogP contribution in [-0.4, -0.2) is 27.3 Å². The molecule has 1 heterocycles. The van der Waals surface area contributed by atoms with Gasteiger partial charge in [-0.25, -0.2) is 4.99 Å². The second kappa shape index (κ2) is 8.29. The lowest BCUT2D eigenvalue weighted by molar-refractivity contribution is 0.681. The summed E-state index contributed by atoms with van der Waals surface area (Å²) < 4.78 is 1.94. The van der Waals surface area contributed by atoms with E-state index < -0.39 is 0 Å². The highest BCUT2D eigenvalue weighted by atomic mass is 15.3. The predicted octanol–water partition coefficient (Wildman–Crippen LogP) is 2.41. The molecule has 0 spiro atoms. The van der Waals surface area contributed by atoms with Gasteiger partial charge >= 0.3 is 0 Å². The van der Waals surface area contributed by atoms with Crippen LogP contribution in [-0.2, 0) is 13.6 Å². The normalized spacial score (nSPS) is 12.8. The standard InChI is InChI=1S/C18H26N6/c1-6-11-19-18(20-12-17-23-22-15(4)24(17)5)21-14(3)16-10-8-7-9-13(16)2/h6-10,14H,1,11-12H2,2-5H3,(H2,19,20,21). The van der Waals surface area contributed by atoms with Crippen LogP contribution in [0.25, 0.3) is 0 Å². The van der Waals surface area contributed by atoms with Crippen LogP contribution >= 0.6 is 0 Å². The van der Waals surface area contributed by atoms with E-state index in [0.717, 1.165) is 17.6 Å². The first-order valence-electron chi connectivity index (χ1n) is 8.09. The van der Waals surface area contributed by atoms with Crippen LogP contribution < -0.4 is 10.6 Å². The Bertz CT molecular complexity index is 716. The Labute approximate surface area is 143 Å². The van der Waals surface area contributed by atoms with Crippen LogP contribution in [0.4, 0.5) is 0 Å². The maximum Gasteiger partial charge on any atom is 0.192 e. The fourth-order valence-corrected chi connectivity index (χ4v) is 2.42. The Morgan fingerprint density at radius 3 is 2.71 bits per heavy atom. The van der Waals surface area contributed by atoms with Gasteiger partial charge in [0.1, 0.15) is 12.4 Å². The van der Waals surface area contributed by atoms with Gasteiger partial charge in [-0.1, -0.05) is 30.3 Å². The van der Waals surface area contributed by atoms with E-state index in [4.69, 9.17) is 0 Å². The summed E-state index contributed by atoms with van der Waals surface area (Å²) in [5, 5.41) is 14.9. The molecule has 24 heavy (non-hydrogen) atoms. The first kappa shape index (κ1) is 17.7. The van der Waals surface area contributed by atoms with Crippen molar-refractivity contribution in [2.75, 3.05) is 6.54 Å². The monoisotopic (exact) mass is 326 g/mol. The largest absolute Gasteiger partial charge is 0.353 e. The minimum Gasteiger partial charge on any atom is -0.353 e. The van der Waals surface area contributed by atoms with Crippen LogP contribution in [0.1, 0.15) is 35.7 Å². The Morgan fingerprint density at radius 1 is 1.33 bits per heavy atom. The van der Waals surface area contributed by atoms with Crippen LogP contribution in [0, 0.1) is 13.8 Å². The molecule has 0 fully saturated rings. The summed E-state index contributed by atoms with van der Waals surface area (Å²) >= 11 is 0. The summed E-state index contributed by atoms with van der Waals surface area (Å²) in [5.74, 6) is 2.43. The zero-order valence-electron chi connectivity index (χ0n) is 14.9. The second-order valence-corrected chi connectivity index (χ2v) is 5.78. The number of nitrogens with zero attached hydrogens (tertiary/aromatic N) is 4. The highest BCUT2D eigenvalue weighted by molar-refractivity contribution is 5.80. The fraction of sp³-hybridized carbons (Fsp3) is 0.389. The quantitative estimate of drug-likeness (QED) is 0.486. The van der Waals surface area contributed by atoms with E-state index in [0.29, 0.717) is 13.1 Å². The smallest absolute Gasteiger partial charge is 0.192 e. The Kier molecular flexibility index (Phi) is 6.12. The van der Waals surface area contributed by atoms with Crippen molar-refractivity contribution in [2.45, 2.75) is 33.4 Å². The number of aliphatic imine (C=N–C) groups is 1. The van der Waals surface area contributed by atoms with Gasteiger partial charge in [-0.2, -0.15) is 0 Å². The summed E-state index contributed by atoms with van der Waals surface area (Å²) in [6.45, 7) is 11.0. The number of benzene rings is 1. The van der Waals surface area contributed by atoms with Crippen LogP contribution in [0.2, 0.25) is 0 Å². The van der Waals surface area contributed by atoms with Crippen molar-refractivity contribution >= 4 is 5.96 Å². The Hall–Kier alpha value is -2.63. The number of hydrogen-bond donors (Lipinski definition) is 2. The molecule has 0 amide bonds. The van der Waals surface area contributed by atoms with Gasteiger partial charge in [-0.3, -0.25) is 0 Å². The van der Waals surface area contributed by atoms with E-state index in [1.807, 2.05) is 30.7 Å². The molecule has 0 saturated heterocycles. The minimum atomic E-state index is 0.142. The summed E-state index contributed by atoms with van der Waals surface area (Å²) in [6, 6.07) is 8.49. The van der Waals surface area contributed by atoms with Crippen molar-refractivity contribution in [1.82, 2.24) is 25.4 Å². The molecule has 0 bridgehead atoms.